The monoisotopic (exact) mass is 350 g/mol. The second-order valence-corrected chi connectivity index (χ2v) is 5.86. The topological polar surface area (TPSA) is 55.1 Å². The number of amides is 1. The van der Waals surface area contributed by atoms with Crippen LogP contribution >= 0.6 is 15.9 Å². The van der Waals surface area contributed by atoms with Crippen molar-refractivity contribution in [3.05, 3.63) is 28.2 Å². The lowest BCUT2D eigenvalue weighted by Crippen LogP contribution is -2.48. The van der Waals surface area contributed by atoms with Crippen LogP contribution in [0.4, 0.5) is 18.9 Å². The smallest absolute Gasteiger partial charge is 0.323 e. The van der Waals surface area contributed by atoms with Crippen LogP contribution < -0.4 is 11.1 Å². The summed E-state index contributed by atoms with van der Waals surface area (Å²) in [6, 6.07) is 3.12. The molecule has 1 aliphatic carbocycles. The van der Waals surface area contributed by atoms with E-state index in [1.54, 1.807) is 0 Å². The van der Waals surface area contributed by atoms with Crippen LogP contribution in [0.3, 0.4) is 0 Å². The van der Waals surface area contributed by atoms with Crippen LogP contribution in [0.25, 0.3) is 0 Å². The van der Waals surface area contributed by atoms with Gasteiger partial charge in [0.15, 0.2) is 0 Å². The van der Waals surface area contributed by atoms with Crippen molar-refractivity contribution in [1.29, 1.82) is 0 Å². The number of halogens is 4. The van der Waals surface area contributed by atoms with E-state index in [-0.39, 0.29) is 5.69 Å². The third kappa shape index (κ3) is 3.15. The molecule has 1 aliphatic rings. The summed E-state index contributed by atoms with van der Waals surface area (Å²) in [5.74, 6) is -0.435. The largest absolute Gasteiger partial charge is 0.416 e. The van der Waals surface area contributed by atoms with Gasteiger partial charge in [-0.3, -0.25) is 4.79 Å². The summed E-state index contributed by atoms with van der Waals surface area (Å²) in [6.07, 6.45) is -1.64. The molecule has 0 spiro atoms. The predicted molar refractivity (Wildman–Crippen MR) is 73.2 cm³/mol. The minimum atomic E-state index is -4.45. The normalized spacial score (nSPS) is 18.1. The molecule has 0 bridgehead atoms. The number of carbonyl (C=O) groups excluding carboxylic acids is 1. The number of rotatable bonds is 2. The predicted octanol–water partition coefficient (Wildman–Crippen LogP) is 3.68. The van der Waals surface area contributed by atoms with Gasteiger partial charge in [0, 0.05) is 4.47 Å². The summed E-state index contributed by atoms with van der Waals surface area (Å²) in [5.41, 5.74) is 4.27. The Morgan fingerprint density at radius 3 is 2.45 bits per heavy atom. The molecule has 0 unspecified atom stereocenters. The van der Waals surface area contributed by atoms with Crippen molar-refractivity contribution in [2.24, 2.45) is 5.73 Å². The highest BCUT2D eigenvalue weighted by Crippen LogP contribution is 2.35. The molecule has 2 rings (SSSR count). The summed E-state index contributed by atoms with van der Waals surface area (Å²) < 4.78 is 38.4. The molecule has 0 saturated heterocycles. The summed E-state index contributed by atoms with van der Waals surface area (Å²) in [5, 5.41) is 2.49. The lowest BCUT2D eigenvalue weighted by Gasteiger charge is -2.23. The first-order valence-electron chi connectivity index (χ1n) is 6.19. The van der Waals surface area contributed by atoms with Crippen LogP contribution in [0.2, 0.25) is 0 Å². The number of nitrogens with one attached hydrogen (secondary N) is 1. The first-order valence-corrected chi connectivity index (χ1v) is 6.99. The van der Waals surface area contributed by atoms with Gasteiger partial charge in [0.2, 0.25) is 5.91 Å². The third-order valence-corrected chi connectivity index (χ3v) is 4.18. The first kappa shape index (κ1) is 15.3. The SMILES string of the molecule is NC1(C(=O)Nc2cc(C(F)(F)F)ccc2Br)CCCC1. The Bertz CT molecular complexity index is 525. The van der Waals surface area contributed by atoms with Gasteiger partial charge in [0.25, 0.3) is 0 Å². The number of alkyl halides is 3. The molecule has 0 atom stereocenters. The zero-order chi connectivity index (χ0) is 15.0. The second kappa shape index (κ2) is 5.37. The molecule has 0 aliphatic heterocycles. The Morgan fingerprint density at radius 1 is 1.30 bits per heavy atom. The molecule has 1 aromatic carbocycles. The van der Waals surface area contributed by atoms with Gasteiger partial charge in [-0.1, -0.05) is 12.8 Å². The van der Waals surface area contributed by atoms with E-state index in [0.29, 0.717) is 17.3 Å². The Labute approximate surface area is 122 Å². The minimum Gasteiger partial charge on any atom is -0.323 e. The van der Waals surface area contributed by atoms with Crippen molar-refractivity contribution in [2.45, 2.75) is 37.4 Å². The maximum atomic E-state index is 12.7. The summed E-state index contributed by atoms with van der Waals surface area (Å²) >= 11 is 3.13. The fourth-order valence-electron chi connectivity index (χ4n) is 2.28. The van der Waals surface area contributed by atoms with Crippen LogP contribution in [0.1, 0.15) is 31.2 Å². The van der Waals surface area contributed by atoms with E-state index in [4.69, 9.17) is 5.73 Å². The van der Waals surface area contributed by atoms with Crippen molar-refractivity contribution in [3.63, 3.8) is 0 Å². The number of hydrogen-bond donors (Lipinski definition) is 2. The zero-order valence-electron chi connectivity index (χ0n) is 10.6. The third-order valence-electron chi connectivity index (χ3n) is 3.49. The summed E-state index contributed by atoms with van der Waals surface area (Å²) in [6.45, 7) is 0. The molecule has 1 fully saturated rings. The molecule has 20 heavy (non-hydrogen) atoms. The van der Waals surface area contributed by atoms with E-state index in [9.17, 15) is 18.0 Å². The Kier molecular flexibility index (Phi) is 4.11. The minimum absolute atomic E-state index is 0.0848. The highest BCUT2D eigenvalue weighted by molar-refractivity contribution is 9.10. The molecule has 3 nitrogen and oxygen atoms in total. The second-order valence-electron chi connectivity index (χ2n) is 5.01. The van der Waals surface area contributed by atoms with Crippen molar-refractivity contribution in [2.75, 3.05) is 5.32 Å². The van der Waals surface area contributed by atoms with E-state index in [2.05, 4.69) is 21.2 Å². The lowest BCUT2D eigenvalue weighted by atomic mass is 9.98. The van der Waals surface area contributed by atoms with Gasteiger partial charge in [-0.15, -0.1) is 0 Å². The van der Waals surface area contributed by atoms with Crippen LogP contribution in [0.15, 0.2) is 22.7 Å². The van der Waals surface area contributed by atoms with E-state index in [1.165, 1.54) is 6.07 Å². The molecular formula is C13H14BrF3N2O. The van der Waals surface area contributed by atoms with E-state index in [0.717, 1.165) is 25.0 Å². The van der Waals surface area contributed by atoms with Crippen LogP contribution in [-0.2, 0) is 11.0 Å². The highest BCUT2D eigenvalue weighted by atomic mass is 79.9. The first-order chi connectivity index (χ1) is 9.22. The average molecular weight is 351 g/mol. The van der Waals surface area contributed by atoms with Crippen molar-refractivity contribution < 1.29 is 18.0 Å². The van der Waals surface area contributed by atoms with Gasteiger partial charge in [0.1, 0.15) is 0 Å². The van der Waals surface area contributed by atoms with Crippen LogP contribution in [0, 0.1) is 0 Å². The molecule has 0 aromatic heterocycles. The van der Waals surface area contributed by atoms with Crippen molar-refractivity contribution in [1.82, 2.24) is 0 Å². The molecule has 110 valence electrons. The Morgan fingerprint density at radius 2 is 1.90 bits per heavy atom. The number of nitrogens with two attached hydrogens (primary N) is 1. The van der Waals surface area contributed by atoms with Gasteiger partial charge in [-0.05, 0) is 47.0 Å². The molecule has 0 heterocycles. The molecule has 1 saturated carbocycles. The summed E-state index contributed by atoms with van der Waals surface area (Å²) in [4.78, 5) is 12.1. The van der Waals surface area contributed by atoms with Crippen LogP contribution in [0.5, 0.6) is 0 Å². The number of hydrogen-bond acceptors (Lipinski definition) is 2. The number of carbonyl (C=O) groups is 1. The Balaban J connectivity index is 2.22. The van der Waals surface area contributed by atoms with Crippen molar-refractivity contribution in [3.8, 4) is 0 Å². The maximum Gasteiger partial charge on any atom is 0.416 e. The maximum absolute atomic E-state index is 12.7. The zero-order valence-corrected chi connectivity index (χ0v) is 12.1. The average Bonchev–Trinajstić information content (AvgIpc) is 2.79. The fourth-order valence-corrected chi connectivity index (χ4v) is 2.62. The molecule has 1 aromatic rings. The quantitative estimate of drug-likeness (QED) is 0.854. The van der Waals surface area contributed by atoms with Gasteiger partial charge in [-0.2, -0.15) is 13.2 Å². The standard InChI is InChI=1S/C13H14BrF3N2O/c14-9-4-3-8(13(15,16)17)7-10(9)19-11(20)12(18)5-1-2-6-12/h3-4,7H,1-2,5-6,18H2,(H,19,20). The fraction of sp³-hybridized carbons (Fsp3) is 0.462. The molecule has 7 heteroatoms. The number of anilines is 1. The molecule has 0 radical (unpaired) electrons. The van der Waals surface area contributed by atoms with Gasteiger partial charge >= 0.3 is 6.18 Å². The molecular weight excluding hydrogens is 337 g/mol. The number of benzene rings is 1. The van der Waals surface area contributed by atoms with E-state index >= 15 is 0 Å². The molecule has 3 N–H and O–H groups in total. The van der Waals surface area contributed by atoms with E-state index in [1.807, 2.05) is 0 Å². The van der Waals surface area contributed by atoms with Gasteiger partial charge < -0.3 is 11.1 Å². The van der Waals surface area contributed by atoms with Gasteiger partial charge in [0.05, 0.1) is 16.8 Å². The van der Waals surface area contributed by atoms with Crippen molar-refractivity contribution >= 4 is 27.5 Å². The van der Waals surface area contributed by atoms with Gasteiger partial charge in [-0.25, -0.2) is 0 Å². The van der Waals surface area contributed by atoms with Crippen LogP contribution in [-0.4, -0.2) is 11.4 Å². The lowest BCUT2D eigenvalue weighted by molar-refractivity contribution is -0.137. The Hall–Kier alpha value is -1.08. The highest BCUT2D eigenvalue weighted by Gasteiger charge is 2.37. The molecule has 1 amide bonds. The van der Waals surface area contributed by atoms with E-state index < -0.39 is 23.2 Å². The summed E-state index contributed by atoms with van der Waals surface area (Å²) in [7, 11) is 0.